The third kappa shape index (κ3) is 23.4. The summed E-state index contributed by atoms with van der Waals surface area (Å²) in [4.78, 5) is 0. The normalized spacial score (nSPS) is 11.6. The minimum atomic E-state index is 1.23. The van der Waals surface area contributed by atoms with Crippen molar-refractivity contribution in [2.75, 3.05) is 0 Å². The van der Waals surface area contributed by atoms with Crippen LogP contribution in [0.3, 0.4) is 0 Å². The van der Waals surface area contributed by atoms with Gasteiger partial charge in [0.05, 0.1) is 13.1 Å². The third-order valence-electron chi connectivity index (χ3n) is 9.35. The quantitative estimate of drug-likeness (QED) is 0.0584. The first kappa shape index (κ1) is 38.2. The molecule has 0 aliphatic carbocycles. The van der Waals surface area contributed by atoms with Gasteiger partial charge in [-0.25, -0.2) is 9.13 Å². The molecule has 0 fully saturated rings. The van der Waals surface area contributed by atoms with Crippen molar-refractivity contribution in [3.05, 3.63) is 18.2 Å². The molecular weight excluding hydrogens is 496 g/mol. The Hall–Kier alpha value is -0.790. The minimum absolute atomic E-state index is 1.23. The molecule has 1 rings (SSSR count). The maximum absolute atomic E-state index is 2.63. The average Bonchev–Trinajstić information content (AvgIpc) is 3.37. The first-order valence-electron chi connectivity index (χ1n) is 19.4. The van der Waals surface area contributed by atoms with E-state index in [2.05, 4.69) is 42.3 Å². The van der Waals surface area contributed by atoms with E-state index in [9.17, 15) is 0 Å². The van der Waals surface area contributed by atoms with Crippen molar-refractivity contribution < 1.29 is 4.57 Å². The van der Waals surface area contributed by atoms with E-state index in [-0.39, 0.29) is 0 Å². The van der Waals surface area contributed by atoms with Crippen molar-refractivity contribution in [3.63, 3.8) is 0 Å². The number of hydrogen-bond acceptors (Lipinski definition) is 0. The Morgan fingerprint density at radius 2 is 0.756 bits per heavy atom. The predicted octanol–water partition coefficient (Wildman–Crippen LogP) is 13.1. The predicted molar refractivity (Wildman–Crippen MR) is 184 cm³/mol. The zero-order valence-corrected chi connectivity index (χ0v) is 28.9. The van der Waals surface area contributed by atoms with Crippen molar-refractivity contribution in [2.45, 2.75) is 233 Å². The molecule has 1 heterocycles. The van der Waals surface area contributed by atoms with Gasteiger partial charge in [0.25, 0.3) is 5.82 Å². The van der Waals surface area contributed by atoms with E-state index in [4.69, 9.17) is 0 Å². The van der Waals surface area contributed by atoms with Crippen molar-refractivity contribution in [2.24, 2.45) is 0 Å². The zero-order valence-electron chi connectivity index (χ0n) is 28.9. The second-order valence-electron chi connectivity index (χ2n) is 13.4. The Balaban J connectivity index is 2.32. The molecule has 242 valence electrons. The monoisotopic (exact) mass is 574 g/mol. The van der Waals surface area contributed by atoms with Gasteiger partial charge in [-0.2, -0.15) is 0 Å². The van der Waals surface area contributed by atoms with Gasteiger partial charge in [-0.15, -0.1) is 0 Å². The summed E-state index contributed by atoms with van der Waals surface area (Å²) in [5.74, 6) is 1.62. The van der Waals surface area contributed by atoms with Crippen LogP contribution >= 0.6 is 0 Å². The van der Waals surface area contributed by atoms with Gasteiger partial charge in [0.1, 0.15) is 12.4 Å². The van der Waals surface area contributed by atoms with E-state index < -0.39 is 0 Å². The largest absolute Gasteiger partial charge is 0.256 e. The summed E-state index contributed by atoms with van der Waals surface area (Å²) in [5.41, 5.74) is 0. The Morgan fingerprint density at radius 3 is 1.17 bits per heavy atom. The maximum Gasteiger partial charge on any atom is 0.256 e. The first-order chi connectivity index (χ1) is 20.3. The molecule has 41 heavy (non-hydrogen) atoms. The van der Waals surface area contributed by atoms with Crippen LogP contribution in [0, 0.1) is 0 Å². The molecule has 0 saturated carbocycles. The second-order valence-corrected chi connectivity index (χ2v) is 13.4. The van der Waals surface area contributed by atoms with Gasteiger partial charge >= 0.3 is 0 Å². The summed E-state index contributed by atoms with van der Waals surface area (Å²) < 4.78 is 5.27. The van der Waals surface area contributed by atoms with Crippen LogP contribution in [0.4, 0.5) is 0 Å². The van der Waals surface area contributed by atoms with Crippen LogP contribution in [-0.4, -0.2) is 4.57 Å². The summed E-state index contributed by atoms with van der Waals surface area (Å²) in [6.45, 7) is 9.40. The van der Waals surface area contributed by atoms with Gasteiger partial charge in [-0.05, 0) is 32.1 Å². The van der Waals surface area contributed by atoms with Crippen LogP contribution in [-0.2, 0) is 19.5 Å². The van der Waals surface area contributed by atoms with Crippen LogP contribution in [0.25, 0.3) is 0 Å². The highest BCUT2D eigenvalue weighted by atomic mass is 15.1. The third-order valence-corrected chi connectivity index (χ3v) is 9.35. The van der Waals surface area contributed by atoms with E-state index in [1.54, 1.807) is 5.82 Å². The zero-order chi connectivity index (χ0) is 29.5. The Labute approximate surface area is 259 Å². The van der Waals surface area contributed by atoms with Crippen LogP contribution in [0.2, 0.25) is 0 Å². The molecule has 0 saturated heterocycles. The van der Waals surface area contributed by atoms with Gasteiger partial charge in [0.2, 0.25) is 0 Å². The highest BCUT2D eigenvalue weighted by Crippen LogP contribution is 2.15. The highest BCUT2D eigenvalue weighted by molar-refractivity contribution is 4.84. The van der Waals surface area contributed by atoms with Crippen molar-refractivity contribution in [3.8, 4) is 0 Å². The Kier molecular flexibility index (Phi) is 28.6. The summed E-state index contributed by atoms with van der Waals surface area (Å²) >= 11 is 0. The number of unbranched alkanes of at least 4 members (excludes halogenated alkanes) is 27. The summed E-state index contributed by atoms with van der Waals surface area (Å²) in [6.07, 6.45) is 48.9. The Morgan fingerprint density at radius 1 is 0.415 bits per heavy atom. The number of imidazole rings is 1. The summed E-state index contributed by atoms with van der Waals surface area (Å²) in [5, 5.41) is 0. The number of aryl methyl sites for hydroxylation is 2. The standard InChI is InChI=1S/C39H77N2/c1-4-7-10-13-16-19-21-22-25-28-31-34-39-40(35-32-29-26-23-18-15-12-9-6-3)37-38-41(39)36-33-30-27-24-20-17-14-11-8-5-2/h37-38H,4-36H2,1-3H3/q+1. The van der Waals surface area contributed by atoms with Gasteiger partial charge in [0, 0.05) is 6.42 Å². The van der Waals surface area contributed by atoms with Gasteiger partial charge in [-0.1, -0.05) is 181 Å². The lowest BCUT2D eigenvalue weighted by atomic mass is 10.0. The maximum atomic E-state index is 2.63. The summed E-state index contributed by atoms with van der Waals surface area (Å²) in [7, 11) is 0. The van der Waals surface area contributed by atoms with Crippen LogP contribution in [0.15, 0.2) is 12.4 Å². The molecule has 1 aromatic rings. The van der Waals surface area contributed by atoms with Crippen LogP contribution in [0.5, 0.6) is 0 Å². The second kappa shape index (κ2) is 30.7. The first-order valence-corrected chi connectivity index (χ1v) is 19.4. The van der Waals surface area contributed by atoms with Crippen molar-refractivity contribution in [1.29, 1.82) is 0 Å². The number of hydrogen-bond donors (Lipinski definition) is 0. The molecule has 1 aromatic heterocycles. The van der Waals surface area contributed by atoms with Gasteiger partial charge in [-0.3, -0.25) is 0 Å². The molecule has 0 aliphatic rings. The molecule has 0 radical (unpaired) electrons. The molecular formula is C39H77N2+. The lowest BCUT2D eigenvalue weighted by Crippen LogP contribution is -2.37. The molecule has 0 bridgehead atoms. The number of aromatic nitrogens is 2. The van der Waals surface area contributed by atoms with Crippen LogP contribution in [0.1, 0.15) is 219 Å². The minimum Gasteiger partial charge on any atom is -0.234 e. The molecule has 2 nitrogen and oxygen atoms in total. The lowest BCUT2D eigenvalue weighted by molar-refractivity contribution is -0.704. The van der Waals surface area contributed by atoms with Crippen molar-refractivity contribution in [1.82, 2.24) is 4.57 Å². The fraction of sp³-hybridized carbons (Fsp3) is 0.923. The average molecular weight is 574 g/mol. The van der Waals surface area contributed by atoms with E-state index in [1.807, 2.05) is 0 Å². The topological polar surface area (TPSA) is 8.81 Å². The smallest absolute Gasteiger partial charge is 0.234 e. The van der Waals surface area contributed by atoms with Gasteiger partial charge < -0.3 is 0 Å². The molecule has 0 spiro atoms. The number of rotatable bonds is 33. The molecule has 2 heteroatoms. The van der Waals surface area contributed by atoms with Crippen LogP contribution < -0.4 is 4.57 Å². The molecule has 0 aromatic carbocycles. The number of nitrogens with zero attached hydrogens (tertiary/aromatic N) is 2. The Bertz CT molecular complexity index is 634. The fourth-order valence-electron chi connectivity index (χ4n) is 6.50. The molecule has 0 amide bonds. The highest BCUT2D eigenvalue weighted by Gasteiger charge is 2.16. The van der Waals surface area contributed by atoms with E-state index in [0.29, 0.717) is 0 Å². The molecule has 0 atom stereocenters. The molecule has 0 unspecified atom stereocenters. The molecule has 0 aliphatic heterocycles. The van der Waals surface area contributed by atoms with Crippen molar-refractivity contribution >= 4 is 0 Å². The van der Waals surface area contributed by atoms with E-state index >= 15 is 0 Å². The summed E-state index contributed by atoms with van der Waals surface area (Å²) in [6, 6.07) is 0. The van der Waals surface area contributed by atoms with E-state index in [0.717, 1.165) is 0 Å². The van der Waals surface area contributed by atoms with Gasteiger partial charge in [0.15, 0.2) is 0 Å². The lowest BCUT2D eigenvalue weighted by Gasteiger charge is -2.07. The fourth-order valence-corrected chi connectivity index (χ4v) is 6.50. The molecule has 0 N–H and O–H groups in total. The SMILES string of the molecule is CCCCCCCCCCCCCc1n(CCCCCCCCCCC)cc[n+]1CCCCCCCCCCCC. The van der Waals surface area contributed by atoms with E-state index in [1.165, 1.54) is 212 Å².